The lowest BCUT2D eigenvalue weighted by Gasteiger charge is -2.13. The van der Waals surface area contributed by atoms with Crippen LogP contribution < -0.4 is 10.6 Å². The lowest BCUT2D eigenvalue weighted by Crippen LogP contribution is -2.42. The van der Waals surface area contributed by atoms with Crippen LogP contribution in [0.5, 0.6) is 0 Å². The minimum atomic E-state index is -0.0631. The van der Waals surface area contributed by atoms with Gasteiger partial charge in [-0.2, -0.15) is 0 Å². The van der Waals surface area contributed by atoms with Gasteiger partial charge in [0.15, 0.2) is 0 Å². The van der Waals surface area contributed by atoms with Crippen molar-refractivity contribution in [2.24, 2.45) is 0 Å². The number of hydrogen-bond acceptors (Lipinski definition) is 3. The van der Waals surface area contributed by atoms with E-state index in [1.165, 1.54) is 89.0 Å². The molecule has 1 saturated heterocycles. The topological polar surface area (TPSA) is 41.1 Å². The Labute approximate surface area is 189 Å². The Bertz CT molecular complexity index is 551. The van der Waals surface area contributed by atoms with Gasteiger partial charge in [0.1, 0.15) is 0 Å². The van der Waals surface area contributed by atoms with E-state index in [2.05, 4.69) is 41.8 Å². The molecule has 1 aromatic rings. The molecule has 1 aliphatic heterocycles. The van der Waals surface area contributed by atoms with Gasteiger partial charge in [-0.05, 0) is 12.0 Å². The van der Waals surface area contributed by atoms with Crippen molar-refractivity contribution < 1.29 is 4.79 Å². The first-order chi connectivity index (χ1) is 14.8. The van der Waals surface area contributed by atoms with Crippen molar-refractivity contribution >= 4 is 17.7 Å². The highest BCUT2D eigenvalue weighted by molar-refractivity contribution is 7.99. The molecule has 1 aromatic carbocycles. The first-order valence-corrected chi connectivity index (χ1v) is 13.6. The summed E-state index contributed by atoms with van der Waals surface area (Å²) in [5.74, 6) is 1.01. The molecule has 1 amide bonds. The van der Waals surface area contributed by atoms with E-state index in [0.29, 0.717) is 0 Å². The number of rotatable bonds is 17. The summed E-state index contributed by atoms with van der Waals surface area (Å²) in [6, 6.07) is 10.3. The quantitative estimate of drug-likeness (QED) is 0.261. The third-order valence-electron chi connectivity index (χ3n) is 6.03. The van der Waals surface area contributed by atoms with E-state index in [9.17, 15) is 4.79 Å². The van der Waals surface area contributed by atoms with Gasteiger partial charge in [-0.3, -0.25) is 10.1 Å². The second-order valence-corrected chi connectivity index (χ2v) is 9.87. The molecule has 30 heavy (non-hydrogen) atoms. The minimum Gasteiger partial charge on any atom is -0.355 e. The third kappa shape index (κ3) is 10.9. The molecule has 0 aliphatic carbocycles. The summed E-state index contributed by atoms with van der Waals surface area (Å²) in [7, 11) is 0. The molecule has 170 valence electrons. The smallest absolute Gasteiger partial charge is 0.238 e. The molecule has 3 nitrogen and oxygen atoms in total. The summed E-state index contributed by atoms with van der Waals surface area (Å²) in [4.78, 5) is 12.4. The van der Waals surface area contributed by atoms with Crippen LogP contribution in [0, 0.1) is 0 Å². The number of unbranched alkanes of at least 4 members (excludes halogenated alkanes) is 13. The van der Waals surface area contributed by atoms with Gasteiger partial charge >= 0.3 is 0 Å². The first-order valence-electron chi connectivity index (χ1n) is 12.5. The van der Waals surface area contributed by atoms with Crippen LogP contribution in [0.1, 0.15) is 108 Å². The van der Waals surface area contributed by atoms with Crippen molar-refractivity contribution in [2.45, 2.75) is 108 Å². The zero-order valence-electron chi connectivity index (χ0n) is 19.2. The van der Waals surface area contributed by atoms with Crippen molar-refractivity contribution in [1.29, 1.82) is 0 Å². The van der Waals surface area contributed by atoms with Crippen LogP contribution in [0.2, 0.25) is 0 Å². The number of amides is 1. The number of thioether (sulfide) groups is 1. The molecule has 2 N–H and O–H groups in total. The second-order valence-electron chi connectivity index (χ2n) is 8.73. The number of benzene rings is 1. The van der Waals surface area contributed by atoms with Gasteiger partial charge in [-0.1, -0.05) is 121 Å². The molecule has 2 atom stereocenters. The van der Waals surface area contributed by atoms with Gasteiger partial charge in [0, 0.05) is 12.3 Å². The predicted octanol–water partition coefficient (Wildman–Crippen LogP) is 6.99. The standard InChI is InChI=1S/C26H44N2OS/c1-2-3-4-5-6-7-8-9-10-11-12-13-14-18-21-27-25(29)24-22-30-26(28-24)23-19-16-15-17-20-23/h15-17,19-20,24,26,28H,2-14,18,21-22H2,1H3,(H,27,29)/t24-,26?/m0/s1. The van der Waals surface area contributed by atoms with Crippen LogP contribution in [0.4, 0.5) is 0 Å². The minimum absolute atomic E-state index is 0.0631. The van der Waals surface area contributed by atoms with Gasteiger partial charge in [-0.15, -0.1) is 11.8 Å². The average molecular weight is 433 g/mol. The number of nitrogens with one attached hydrogen (secondary N) is 2. The summed E-state index contributed by atoms with van der Waals surface area (Å²) in [6.07, 6.45) is 19.1. The normalized spacial score (nSPS) is 18.6. The van der Waals surface area contributed by atoms with Crippen molar-refractivity contribution in [3.63, 3.8) is 0 Å². The molecule has 2 rings (SSSR count). The van der Waals surface area contributed by atoms with Crippen LogP contribution in [0.3, 0.4) is 0 Å². The summed E-state index contributed by atoms with van der Waals surface area (Å²) < 4.78 is 0. The van der Waals surface area contributed by atoms with Crippen LogP contribution in [0.25, 0.3) is 0 Å². The molecule has 1 unspecified atom stereocenters. The zero-order chi connectivity index (χ0) is 21.3. The average Bonchev–Trinajstić information content (AvgIpc) is 3.27. The Hall–Kier alpha value is -1.00. The van der Waals surface area contributed by atoms with E-state index in [4.69, 9.17) is 0 Å². The Morgan fingerprint density at radius 2 is 1.40 bits per heavy atom. The molecular weight excluding hydrogens is 388 g/mol. The summed E-state index contributed by atoms with van der Waals surface area (Å²) in [5.41, 5.74) is 1.25. The third-order valence-corrected chi connectivity index (χ3v) is 7.30. The van der Waals surface area contributed by atoms with Crippen molar-refractivity contribution in [3.8, 4) is 0 Å². The highest BCUT2D eigenvalue weighted by atomic mass is 32.2. The van der Waals surface area contributed by atoms with Crippen LogP contribution in [-0.2, 0) is 4.79 Å². The molecule has 0 spiro atoms. The maximum atomic E-state index is 12.4. The van der Waals surface area contributed by atoms with E-state index in [1.54, 1.807) is 0 Å². The summed E-state index contributed by atoms with van der Waals surface area (Å²) in [5, 5.41) is 6.82. The van der Waals surface area contributed by atoms with Gasteiger partial charge in [-0.25, -0.2) is 0 Å². The molecule has 0 bridgehead atoms. The van der Waals surface area contributed by atoms with Gasteiger partial charge in [0.2, 0.25) is 5.91 Å². The molecule has 0 radical (unpaired) electrons. The lowest BCUT2D eigenvalue weighted by molar-refractivity contribution is -0.122. The number of carbonyl (C=O) groups excluding carboxylic acids is 1. The van der Waals surface area contributed by atoms with Crippen molar-refractivity contribution in [1.82, 2.24) is 10.6 Å². The highest BCUT2D eigenvalue weighted by Gasteiger charge is 2.30. The van der Waals surface area contributed by atoms with Crippen LogP contribution in [-0.4, -0.2) is 24.2 Å². The van der Waals surface area contributed by atoms with E-state index in [0.717, 1.165) is 18.7 Å². The van der Waals surface area contributed by atoms with E-state index < -0.39 is 0 Å². The predicted molar refractivity (Wildman–Crippen MR) is 132 cm³/mol. The summed E-state index contributed by atoms with van der Waals surface area (Å²) >= 11 is 1.82. The maximum absolute atomic E-state index is 12.4. The Morgan fingerprint density at radius 1 is 0.867 bits per heavy atom. The maximum Gasteiger partial charge on any atom is 0.238 e. The van der Waals surface area contributed by atoms with Gasteiger partial charge in [0.25, 0.3) is 0 Å². The van der Waals surface area contributed by atoms with Crippen molar-refractivity contribution in [3.05, 3.63) is 35.9 Å². The SMILES string of the molecule is CCCCCCCCCCCCCCCCNC(=O)[C@@H]1CSC(c2ccccc2)N1. The van der Waals surface area contributed by atoms with Crippen LogP contribution in [0.15, 0.2) is 30.3 Å². The Kier molecular flexibility index (Phi) is 14.0. The fraction of sp³-hybridized carbons (Fsp3) is 0.731. The van der Waals surface area contributed by atoms with Crippen molar-refractivity contribution in [2.75, 3.05) is 12.3 Å². The largest absolute Gasteiger partial charge is 0.355 e. The Morgan fingerprint density at radius 3 is 1.97 bits per heavy atom. The molecular formula is C26H44N2OS. The van der Waals surface area contributed by atoms with E-state index in [-0.39, 0.29) is 17.3 Å². The molecule has 0 aromatic heterocycles. The Balaban J connectivity index is 1.36. The molecule has 1 heterocycles. The monoisotopic (exact) mass is 432 g/mol. The molecule has 0 saturated carbocycles. The first kappa shape index (κ1) is 25.3. The van der Waals surface area contributed by atoms with Gasteiger partial charge in [0.05, 0.1) is 11.4 Å². The fourth-order valence-corrected chi connectivity index (χ4v) is 5.34. The van der Waals surface area contributed by atoms with E-state index in [1.807, 2.05) is 17.8 Å². The fourth-order valence-electron chi connectivity index (χ4n) is 4.10. The lowest BCUT2D eigenvalue weighted by atomic mass is 10.0. The zero-order valence-corrected chi connectivity index (χ0v) is 20.0. The molecule has 1 aliphatic rings. The van der Waals surface area contributed by atoms with Crippen LogP contribution >= 0.6 is 11.8 Å². The van der Waals surface area contributed by atoms with E-state index >= 15 is 0 Å². The highest BCUT2D eigenvalue weighted by Crippen LogP contribution is 2.32. The molecule has 4 heteroatoms. The number of hydrogen-bond donors (Lipinski definition) is 2. The van der Waals surface area contributed by atoms with Gasteiger partial charge < -0.3 is 5.32 Å². The molecule has 1 fully saturated rings. The summed E-state index contributed by atoms with van der Waals surface area (Å²) in [6.45, 7) is 3.10. The second kappa shape index (κ2) is 16.7. The number of carbonyl (C=O) groups is 1.